The molecule has 144 valence electrons. The third-order valence-corrected chi connectivity index (χ3v) is 5.77. The first-order valence-electron chi connectivity index (χ1n) is 9.56. The Morgan fingerprint density at radius 2 is 2.00 bits per heavy atom. The minimum absolute atomic E-state index is 0.209. The molecular weight excluding hydrogens is 344 g/mol. The van der Waals surface area contributed by atoms with E-state index in [-0.39, 0.29) is 5.91 Å². The van der Waals surface area contributed by atoms with Crippen molar-refractivity contribution in [2.45, 2.75) is 38.0 Å². The second kappa shape index (κ2) is 6.91. The highest BCUT2D eigenvalue weighted by Gasteiger charge is 2.55. The van der Waals surface area contributed by atoms with E-state index in [1.165, 1.54) is 6.42 Å². The molecule has 0 spiro atoms. The second-order valence-electron chi connectivity index (χ2n) is 7.73. The topological polar surface area (TPSA) is 64.8 Å². The standard InChI is InChI=1S/C21H26N2O4/c1-14-5-4-10-23(13-14)20(24)21(8-9-21)19-12-17(27-22-19)15-6-7-16(25-2)18(11-15)26-3/h6-7,11-12,14H,4-5,8-10,13H2,1-3H3. The summed E-state index contributed by atoms with van der Waals surface area (Å²) in [5.74, 6) is 2.71. The van der Waals surface area contributed by atoms with Gasteiger partial charge in [0.05, 0.1) is 25.3 Å². The summed E-state index contributed by atoms with van der Waals surface area (Å²) < 4.78 is 16.2. The van der Waals surface area contributed by atoms with Crippen LogP contribution in [0, 0.1) is 5.92 Å². The fourth-order valence-corrected chi connectivity index (χ4v) is 4.01. The molecule has 1 saturated heterocycles. The van der Waals surface area contributed by atoms with Crippen LogP contribution in [0.2, 0.25) is 0 Å². The van der Waals surface area contributed by atoms with Crippen LogP contribution in [0.4, 0.5) is 0 Å². The third kappa shape index (κ3) is 3.17. The SMILES string of the molecule is COc1ccc(-c2cc(C3(C(=O)N4CCCC(C)C4)CC3)no2)cc1OC. The summed E-state index contributed by atoms with van der Waals surface area (Å²) in [7, 11) is 3.21. The first-order valence-corrected chi connectivity index (χ1v) is 9.56. The molecule has 1 atom stereocenters. The molecule has 1 aromatic heterocycles. The molecule has 1 amide bonds. The summed E-state index contributed by atoms with van der Waals surface area (Å²) >= 11 is 0. The average molecular weight is 370 g/mol. The third-order valence-electron chi connectivity index (χ3n) is 5.77. The minimum Gasteiger partial charge on any atom is -0.493 e. The van der Waals surface area contributed by atoms with Crippen LogP contribution in [0.25, 0.3) is 11.3 Å². The Hall–Kier alpha value is -2.50. The van der Waals surface area contributed by atoms with Crippen molar-refractivity contribution in [3.63, 3.8) is 0 Å². The molecule has 0 N–H and O–H groups in total. The average Bonchev–Trinajstić information content (AvgIpc) is 3.36. The van der Waals surface area contributed by atoms with Gasteiger partial charge in [-0.25, -0.2) is 0 Å². The molecule has 1 unspecified atom stereocenters. The van der Waals surface area contributed by atoms with Crippen molar-refractivity contribution in [3.05, 3.63) is 30.0 Å². The van der Waals surface area contributed by atoms with Crippen LogP contribution in [-0.2, 0) is 10.2 Å². The predicted molar refractivity (Wildman–Crippen MR) is 101 cm³/mol. The Morgan fingerprint density at radius 1 is 1.22 bits per heavy atom. The van der Waals surface area contributed by atoms with E-state index in [4.69, 9.17) is 14.0 Å². The van der Waals surface area contributed by atoms with Crippen molar-refractivity contribution in [1.82, 2.24) is 10.1 Å². The molecule has 2 aromatic rings. The highest BCUT2D eigenvalue weighted by Crippen LogP contribution is 2.50. The maximum atomic E-state index is 13.2. The van der Waals surface area contributed by atoms with Crippen LogP contribution in [-0.4, -0.2) is 43.3 Å². The number of likely N-dealkylation sites (tertiary alicyclic amines) is 1. The number of aromatic nitrogens is 1. The molecule has 1 aliphatic heterocycles. The first-order chi connectivity index (χ1) is 13.1. The van der Waals surface area contributed by atoms with Gasteiger partial charge in [0.1, 0.15) is 0 Å². The Morgan fingerprint density at radius 3 is 2.67 bits per heavy atom. The number of piperidine rings is 1. The number of benzene rings is 1. The quantitative estimate of drug-likeness (QED) is 0.804. The lowest BCUT2D eigenvalue weighted by Gasteiger charge is -2.33. The number of rotatable bonds is 5. The van der Waals surface area contributed by atoms with Crippen LogP contribution >= 0.6 is 0 Å². The number of carbonyl (C=O) groups is 1. The van der Waals surface area contributed by atoms with Crippen molar-refractivity contribution in [2.24, 2.45) is 5.92 Å². The molecule has 27 heavy (non-hydrogen) atoms. The predicted octanol–water partition coefficient (Wildman–Crippen LogP) is 3.65. The Kier molecular flexibility index (Phi) is 4.58. The van der Waals surface area contributed by atoms with Crippen molar-refractivity contribution >= 4 is 5.91 Å². The van der Waals surface area contributed by atoms with E-state index >= 15 is 0 Å². The van der Waals surface area contributed by atoms with Gasteiger partial charge in [0, 0.05) is 24.7 Å². The Bertz CT molecular complexity index is 840. The zero-order valence-electron chi connectivity index (χ0n) is 16.2. The Labute approximate surface area is 159 Å². The van der Waals surface area contributed by atoms with E-state index < -0.39 is 5.41 Å². The van der Waals surface area contributed by atoms with Gasteiger partial charge in [0.15, 0.2) is 17.3 Å². The molecular formula is C21H26N2O4. The fourth-order valence-electron chi connectivity index (χ4n) is 4.01. The molecule has 0 radical (unpaired) electrons. The van der Waals surface area contributed by atoms with Gasteiger partial charge in [0.25, 0.3) is 0 Å². The smallest absolute Gasteiger partial charge is 0.234 e. The summed E-state index contributed by atoms with van der Waals surface area (Å²) in [5, 5.41) is 4.27. The van der Waals surface area contributed by atoms with Gasteiger partial charge in [-0.3, -0.25) is 4.79 Å². The van der Waals surface area contributed by atoms with Crippen LogP contribution < -0.4 is 9.47 Å². The minimum atomic E-state index is -0.491. The van der Waals surface area contributed by atoms with Gasteiger partial charge in [-0.05, 0) is 49.8 Å². The van der Waals surface area contributed by atoms with E-state index in [2.05, 4.69) is 12.1 Å². The van der Waals surface area contributed by atoms with Crippen molar-refractivity contribution in [3.8, 4) is 22.8 Å². The van der Waals surface area contributed by atoms with E-state index in [0.29, 0.717) is 23.2 Å². The van der Waals surface area contributed by atoms with Gasteiger partial charge < -0.3 is 18.9 Å². The number of hydrogen-bond acceptors (Lipinski definition) is 5. The first kappa shape index (κ1) is 17.9. The summed E-state index contributed by atoms with van der Waals surface area (Å²) in [6.45, 7) is 3.91. The highest BCUT2D eigenvalue weighted by molar-refractivity contribution is 5.91. The van der Waals surface area contributed by atoms with E-state index in [0.717, 1.165) is 43.6 Å². The number of ether oxygens (including phenoxy) is 2. The molecule has 2 aliphatic rings. The maximum Gasteiger partial charge on any atom is 0.234 e. The Balaban J connectivity index is 1.58. The molecule has 1 aliphatic carbocycles. The summed E-state index contributed by atoms with van der Waals surface area (Å²) in [6.07, 6.45) is 3.96. The van der Waals surface area contributed by atoms with Gasteiger partial charge in [0.2, 0.25) is 5.91 Å². The summed E-state index contributed by atoms with van der Waals surface area (Å²) in [5.41, 5.74) is 1.10. The van der Waals surface area contributed by atoms with Gasteiger partial charge in [-0.2, -0.15) is 0 Å². The lowest BCUT2D eigenvalue weighted by molar-refractivity contribution is -0.135. The van der Waals surface area contributed by atoms with E-state index in [9.17, 15) is 4.79 Å². The monoisotopic (exact) mass is 370 g/mol. The molecule has 2 fully saturated rings. The summed E-state index contributed by atoms with van der Waals surface area (Å²) in [4.78, 5) is 15.2. The molecule has 6 nitrogen and oxygen atoms in total. The van der Waals surface area contributed by atoms with E-state index in [1.54, 1.807) is 14.2 Å². The molecule has 6 heteroatoms. The molecule has 2 heterocycles. The van der Waals surface area contributed by atoms with Crippen molar-refractivity contribution in [2.75, 3.05) is 27.3 Å². The molecule has 4 rings (SSSR count). The number of amides is 1. The number of carbonyl (C=O) groups excluding carboxylic acids is 1. The largest absolute Gasteiger partial charge is 0.493 e. The second-order valence-corrected chi connectivity index (χ2v) is 7.73. The van der Waals surface area contributed by atoms with Crippen LogP contribution in [0.1, 0.15) is 38.3 Å². The van der Waals surface area contributed by atoms with Gasteiger partial charge >= 0.3 is 0 Å². The van der Waals surface area contributed by atoms with Crippen molar-refractivity contribution in [1.29, 1.82) is 0 Å². The fraction of sp³-hybridized carbons (Fsp3) is 0.524. The lowest BCUT2D eigenvalue weighted by atomic mass is 9.95. The number of nitrogens with zero attached hydrogens (tertiary/aromatic N) is 2. The summed E-state index contributed by atoms with van der Waals surface area (Å²) in [6, 6.07) is 7.50. The molecule has 1 saturated carbocycles. The highest BCUT2D eigenvalue weighted by atomic mass is 16.5. The maximum absolute atomic E-state index is 13.2. The normalized spacial score (nSPS) is 21.0. The van der Waals surface area contributed by atoms with Crippen LogP contribution in [0.3, 0.4) is 0 Å². The zero-order valence-corrected chi connectivity index (χ0v) is 16.2. The van der Waals surface area contributed by atoms with Gasteiger partial charge in [-0.1, -0.05) is 12.1 Å². The number of hydrogen-bond donors (Lipinski definition) is 0. The zero-order chi connectivity index (χ0) is 19.0. The van der Waals surface area contributed by atoms with E-state index in [1.807, 2.05) is 29.2 Å². The van der Waals surface area contributed by atoms with Crippen molar-refractivity contribution < 1.29 is 18.8 Å². The molecule has 1 aromatic carbocycles. The number of methoxy groups -OCH3 is 2. The molecule has 0 bridgehead atoms. The van der Waals surface area contributed by atoms with Crippen LogP contribution in [0.15, 0.2) is 28.8 Å². The van der Waals surface area contributed by atoms with Gasteiger partial charge in [-0.15, -0.1) is 0 Å². The lowest BCUT2D eigenvalue weighted by Crippen LogP contribution is -2.44. The van der Waals surface area contributed by atoms with Crippen LogP contribution in [0.5, 0.6) is 11.5 Å².